The molecule has 3 nitrogen and oxygen atoms in total. The molecule has 1 N–H and O–H groups in total. The van der Waals surface area contributed by atoms with Crippen LogP contribution in [0.15, 0.2) is 22.7 Å². The number of amides is 1. The number of alkyl halides is 3. The van der Waals surface area contributed by atoms with Gasteiger partial charge >= 0.3 is 6.18 Å². The zero-order valence-electron chi connectivity index (χ0n) is 11.3. The Morgan fingerprint density at radius 3 is 2.71 bits per heavy atom. The van der Waals surface area contributed by atoms with Crippen LogP contribution in [0, 0.1) is 0 Å². The highest BCUT2D eigenvalue weighted by Crippen LogP contribution is 2.32. The molecule has 0 bridgehead atoms. The summed E-state index contributed by atoms with van der Waals surface area (Å²) in [5.74, 6) is -0.526. The van der Waals surface area contributed by atoms with E-state index >= 15 is 0 Å². The van der Waals surface area contributed by atoms with E-state index in [1.165, 1.54) is 6.07 Å². The van der Waals surface area contributed by atoms with Gasteiger partial charge in [0.25, 0.3) is 5.91 Å². The first-order valence-electron chi connectivity index (χ1n) is 6.53. The Bertz CT molecular complexity index is 533. The van der Waals surface area contributed by atoms with Crippen LogP contribution in [-0.2, 0) is 10.9 Å². The minimum atomic E-state index is -4.47. The molecule has 1 aliphatic rings. The molecule has 21 heavy (non-hydrogen) atoms. The second kappa shape index (κ2) is 6.36. The zero-order valence-corrected chi connectivity index (χ0v) is 12.9. The number of hydrogen-bond donors (Lipinski definition) is 1. The average Bonchev–Trinajstić information content (AvgIpc) is 2.84. The molecule has 1 amide bonds. The second-order valence-electron chi connectivity index (χ2n) is 4.98. The predicted molar refractivity (Wildman–Crippen MR) is 75.0 cm³/mol. The summed E-state index contributed by atoms with van der Waals surface area (Å²) >= 11 is 3.12. The highest BCUT2D eigenvalue weighted by molar-refractivity contribution is 9.10. The number of ether oxygens (including phenoxy) is 1. The summed E-state index contributed by atoms with van der Waals surface area (Å²) < 4.78 is 43.7. The Balaban J connectivity index is 2.19. The maximum Gasteiger partial charge on any atom is 0.416 e. The van der Waals surface area contributed by atoms with Gasteiger partial charge in [-0.3, -0.25) is 4.79 Å². The summed E-state index contributed by atoms with van der Waals surface area (Å²) in [6, 6.07) is 2.87. The molecule has 0 saturated heterocycles. The van der Waals surface area contributed by atoms with Gasteiger partial charge in [-0.2, -0.15) is 13.2 Å². The van der Waals surface area contributed by atoms with Crippen LogP contribution in [0.1, 0.15) is 35.2 Å². The van der Waals surface area contributed by atoms with E-state index in [0.29, 0.717) is 4.47 Å². The summed E-state index contributed by atoms with van der Waals surface area (Å²) in [6.45, 7) is 0. The Hall–Kier alpha value is -1.08. The summed E-state index contributed by atoms with van der Waals surface area (Å²) in [7, 11) is 1.56. The van der Waals surface area contributed by atoms with E-state index < -0.39 is 17.6 Å². The predicted octanol–water partition coefficient (Wildman–Crippen LogP) is 3.77. The van der Waals surface area contributed by atoms with E-state index in [1.54, 1.807) is 7.11 Å². The SMILES string of the molecule is COC1CCCC1NC(=O)c1cc(C(F)(F)F)ccc1Br. The zero-order chi connectivity index (χ0) is 15.6. The van der Waals surface area contributed by atoms with E-state index in [1.807, 2.05) is 0 Å². The molecule has 0 aromatic heterocycles. The van der Waals surface area contributed by atoms with Gasteiger partial charge in [0.05, 0.1) is 23.3 Å². The number of carbonyl (C=O) groups excluding carboxylic acids is 1. The number of methoxy groups -OCH3 is 1. The van der Waals surface area contributed by atoms with Crippen molar-refractivity contribution in [2.75, 3.05) is 7.11 Å². The molecule has 2 atom stereocenters. The first-order valence-corrected chi connectivity index (χ1v) is 7.32. The fraction of sp³-hybridized carbons (Fsp3) is 0.500. The van der Waals surface area contributed by atoms with Gasteiger partial charge in [0.2, 0.25) is 0 Å². The van der Waals surface area contributed by atoms with Gasteiger partial charge in [0.1, 0.15) is 0 Å². The van der Waals surface area contributed by atoms with Gasteiger partial charge in [-0.05, 0) is 53.4 Å². The molecule has 2 rings (SSSR count). The Kier molecular flexibility index (Phi) is 4.93. The van der Waals surface area contributed by atoms with Crippen molar-refractivity contribution in [2.45, 2.75) is 37.6 Å². The van der Waals surface area contributed by atoms with Crippen LogP contribution in [0.2, 0.25) is 0 Å². The van der Waals surface area contributed by atoms with Gasteiger partial charge in [-0.1, -0.05) is 0 Å². The molecule has 1 saturated carbocycles. The normalized spacial score (nSPS) is 22.3. The maximum atomic E-state index is 12.7. The molecule has 1 fully saturated rings. The van der Waals surface area contributed by atoms with E-state index in [4.69, 9.17) is 4.74 Å². The van der Waals surface area contributed by atoms with Crippen molar-refractivity contribution in [1.82, 2.24) is 5.32 Å². The number of halogens is 4. The third-order valence-corrected chi connectivity index (χ3v) is 4.30. The average molecular weight is 366 g/mol. The molecule has 0 radical (unpaired) electrons. The fourth-order valence-corrected chi connectivity index (χ4v) is 2.92. The van der Waals surface area contributed by atoms with Gasteiger partial charge in [-0.15, -0.1) is 0 Å². The molecule has 1 aromatic rings. The smallest absolute Gasteiger partial charge is 0.379 e. The molecule has 2 unspecified atom stereocenters. The molecule has 0 spiro atoms. The topological polar surface area (TPSA) is 38.3 Å². The Labute approximate surface area is 129 Å². The monoisotopic (exact) mass is 365 g/mol. The lowest BCUT2D eigenvalue weighted by Gasteiger charge is -2.20. The molecular formula is C14H15BrF3NO2. The van der Waals surface area contributed by atoms with E-state index in [2.05, 4.69) is 21.2 Å². The summed E-state index contributed by atoms with van der Waals surface area (Å²) in [5, 5.41) is 2.75. The summed E-state index contributed by atoms with van der Waals surface area (Å²) in [4.78, 5) is 12.2. The van der Waals surface area contributed by atoms with Crippen molar-refractivity contribution >= 4 is 21.8 Å². The lowest BCUT2D eigenvalue weighted by molar-refractivity contribution is -0.137. The highest BCUT2D eigenvalue weighted by Gasteiger charge is 2.33. The quantitative estimate of drug-likeness (QED) is 0.885. The Morgan fingerprint density at radius 1 is 1.38 bits per heavy atom. The molecule has 1 aliphatic carbocycles. The van der Waals surface area contributed by atoms with Crippen LogP contribution in [0.4, 0.5) is 13.2 Å². The largest absolute Gasteiger partial charge is 0.416 e. The lowest BCUT2D eigenvalue weighted by atomic mass is 10.1. The van der Waals surface area contributed by atoms with E-state index in [9.17, 15) is 18.0 Å². The van der Waals surface area contributed by atoms with Crippen LogP contribution in [-0.4, -0.2) is 25.2 Å². The van der Waals surface area contributed by atoms with Crippen molar-refractivity contribution in [1.29, 1.82) is 0 Å². The lowest BCUT2D eigenvalue weighted by Crippen LogP contribution is -2.40. The second-order valence-corrected chi connectivity index (χ2v) is 5.83. The molecule has 0 heterocycles. The van der Waals surface area contributed by atoms with Crippen molar-refractivity contribution in [3.8, 4) is 0 Å². The Morgan fingerprint density at radius 2 is 2.10 bits per heavy atom. The molecule has 0 aliphatic heterocycles. The van der Waals surface area contributed by atoms with Crippen molar-refractivity contribution in [2.24, 2.45) is 0 Å². The number of nitrogens with one attached hydrogen (secondary N) is 1. The summed E-state index contributed by atoms with van der Waals surface area (Å²) in [6.07, 6.45) is -2.03. The van der Waals surface area contributed by atoms with Gasteiger partial charge in [0.15, 0.2) is 0 Å². The first kappa shape index (κ1) is 16.3. The van der Waals surface area contributed by atoms with E-state index in [-0.39, 0.29) is 17.7 Å². The van der Waals surface area contributed by atoms with Crippen LogP contribution in [0.5, 0.6) is 0 Å². The van der Waals surface area contributed by atoms with Crippen LogP contribution in [0.25, 0.3) is 0 Å². The highest BCUT2D eigenvalue weighted by atomic mass is 79.9. The van der Waals surface area contributed by atoms with Gasteiger partial charge in [0, 0.05) is 11.6 Å². The first-order chi connectivity index (χ1) is 9.82. The maximum absolute atomic E-state index is 12.7. The van der Waals surface area contributed by atoms with Crippen LogP contribution in [0.3, 0.4) is 0 Å². The molecule has 116 valence electrons. The van der Waals surface area contributed by atoms with Gasteiger partial charge < -0.3 is 10.1 Å². The number of hydrogen-bond acceptors (Lipinski definition) is 2. The number of rotatable bonds is 3. The summed E-state index contributed by atoms with van der Waals surface area (Å²) in [5.41, 5.74) is -0.864. The third-order valence-electron chi connectivity index (χ3n) is 3.61. The third kappa shape index (κ3) is 3.77. The van der Waals surface area contributed by atoms with Gasteiger partial charge in [-0.25, -0.2) is 0 Å². The number of benzene rings is 1. The minimum Gasteiger partial charge on any atom is -0.379 e. The molecular weight excluding hydrogens is 351 g/mol. The van der Waals surface area contributed by atoms with Crippen LogP contribution >= 0.6 is 15.9 Å². The molecule has 1 aromatic carbocycles. The van der Waals surface area contributed by atoms with Crippen molar-refractivity contribution < 1.29 is 22.7 Å². The minimum absolute atomic E-state index is 0.0217. The van der Waals surface area contributed by atoms with Crippen molar-refractivity contribution in [3.63, 3.8) is 0 Å². The van der Waals surface area contributed by atoms with Crippen molar-refractivity contribution in [3.05, 3.63) is 33.8 Å². The molecule has 7 heteroatoms. The van der Waals surface area contributed by atoms with E-state index in [0.717, 1.165) is 31.4 Å². The standard InChI is InChI=1S/C14H15BrF3NO2/c1-21-12-4-2-3-11(12)19-13(20)9-7-8(14(16,17)18)5-6-10(9)15/h5-7,11-12H,2-4H2,1H3,(H,19,20). The van der Waals surface area contributed by atoms with Crippen LogP contribution < -0.4 is 5.32 Å². The number of carbonyl (C=O) groups is 1. The fourth-order valence-electron chi connectivity index (χ4n) is 2.50.